The average molecular weight is 357 g/mol. The third-order valence-electron chi connectivity index (χ3n) is 6.67. The Balaban J connectivity index is 2.97. The summed E-state index contributed by atoms with van der Waals surface area (Å²) in [5.41, 5.74) is 2.42. The van der Waals surface area contributed by atoms with Crippen molar-refractivity contribution in [2.45, 2.75) is 83.8 Å². The van der Waals surface area contributed by atoms with Crippen molar-refractivity contribution in [2.75, 3.05) is 33.4 Å². The molecule has 0 spiro atoms. The topological polar surface area (TPSA) is 32.8 Å². The summed E-state index contributed by atoms with van der Waals surface area (Å²) in [4.78, 5) is 13.9. The van der Waals surface area contributed by atoms with Crippen LogP contribution in [0.4, 0.5) is 0 Å². The molecule has 1 saturated heterocycles. The fourth-order valence-corrected chi connectivity index (χ4v) is 12.5. The lowest BCUT2D eigenvalue weighted by Gasteiger charge is -2.52. The number of ether oxygens (including phenoxy) is 1. The molecular weight excluding hydrogens is 316 g/mol. The summed E-state index contributed by atoms with van der Waals surface area (Å²) in [5.74, 6) is -0.0947. The van der Waals surface area contributed by atoms with Gasteiger partial charge in [-0.25, -0.2) is 0 Å². The highest BCUT2D eigenvalue weighted by atomic mass is 28.3. The van der Waals surface area contributed by atoms with E-state index in [1.165, 1.54) is 32.9 Å². The van der Waals surface area contributed by atoms with Gasteiger partial charge in [-0.15, -0.1) is 0 Å². The molecule has 0 N–H and O–H groups in total. The summed E-state index contributed by atoms with van der Waals surface area (Å²) in [6.07, 6.45) is 4.34. The van der Waals surface area contributed by atoms with E-state index < -0.39 is 8.24 Å². The first kappa shape index (κ1) is 21.6. The van der Waals surface area contributed by atoms with Gasteiger partial charge in [0.25, 0.3) is 0 Å². The predicted molar refractivity (Wildman–Crippen MR) is 105 cm³/mol. The first-order valence-corrected chi connectivity index (χ1v) is 12.1. The van der Waals surface area contributed by atoms with Crippen LogP contribution in [0, 0.1) is 0 Å². The first-order chi connectivity index (χ1) is 11.4. The Hall–Kier alpha value is -0.393. The monoisotopic (exact) mass is 356 g/mol. The minimum atomic E-state index is -1.60. The molecule has 3 unspecified atom stereocenters. The van der Waals surface area contributed by atoms with Gasteiger partial charge in [0, 0.05) is 26.3 Å². The second kappa shape index (κ2) is 9.93. The normalized spacial score (nSPS) is 22.8. The highest BCUT2D eigenvalue weighted by Crippen LogP contribution is 2.49. The van der Waals surface area contributed by atoms with Gasteiger partial charge in [0.1, 0.15) is 8.24 Å². The minimum absolute atomic E-state index is 0.0947. The number of hydrogen-bond acceptors (Lipinski definition) is 4. The zero-order valence-electron chi connectivity index (χ0n) is 17.1. The molecule has 0 aliphatic carbocycles. The van der Waals surface area contributed by atoms with Gasteiger partial charge in [-0.05, 0) is 16.6 Å². The molecule has 1 aliphatic rings. The fourth-order valence-electron chi connectivity index (χ4n) is 4.87. The highest BCUT2D eigenvalue weighted by Gasteiger charge is 2.52. The van der Waals surface area contributed by atoms with Crippen LogP contribution in [0.5, 0.6) is 0 Å². The van der Waals surface area contributed by atoms with E-state index in [1.54, 1.807) is 0 Å². The standard InChI is InChI=1S/C19H40N2O2Si/c1-8-16(4)24(17(5)9-2,18(6)10-3)21-14-13-20(15-21)12-11-19(22)23-7/h16-18H,8-15H2,1-7H3. The van der Waals surface area contributed by atoms with Gasteiger partial charge in [0.2, 0.25) is 0 Å². The molecule has 0 aromatic heterocycles. The Labute approximate surface area is 151 Å². The van der Waals surface area contributed by atoms with Gasteiger partial charge in [-0.3, -0.25) is 9.69 Å². The van der Waals surface area contributed by atoms with Crippen molar-refractivity contribution >= 4 is 14.2 Å². The van der Waals surface area contributed by atoms with E-state index >= 15 is 0 Å². The van der Waals surface area contributed by atoms with Crippen molar-refractivity contribution in [1.29, 1.82) is 0 Å². The number of hydrogen-bond donors (Lipinski definition) is 0. The molecule has 0 aromatic rings. The fraction of sp³-hybridized carbons (Fsp3) is 0.947. The Morgan fingerprint density at radius 1 is 1.00 bits per heavy atom. The molecule has 3 atom stereocenters. The van der Waals surface area contributed by atoms with Crippen LogP contribution in [0.1, 0.15) is 67.2 Å². The molecule has 1 heterocycles. The minimum Gasteiger partial charge on any atom is -0.469 e. The van der Waals surface area contributed by atoms with Crippen molar-refractivity contribution in [3.63, 3.8) is 0 Å². The van der Waals surface area contributed by atoms with Crippen molar-refractivity contribution in [1.82, 2.24) is 9.47 Å². The highest BCUT2D eigenvalue weighted by molar-refractivity contribution is 6.81. The molecule has 142 valence electrons. The predicted octanol–water partition coefficient (Wildman–Crippen LogP) is 4.47. The molecule has 24 heavy (non-hydrogen) atoms. The molecule has 0 radical (unpaired) electrons. The van der Waals surface area contributed by atoms with Crippen LogP contribution in [0.15, 0.2) is 0 Å². The van der Waals surface area contributed by atoms with E-state index in [2.05, 4.69) is 51.0 Å². The van der Waals surface area contributed by atoms with Gasteiger partial charge in [0.05, 0.1) is 13.5 Å². The van der Waals surface area contributed by atoms with Crippen LogP contribution in [0.2, 0.25) is 16.6 Å². The smallest absolute Gasteiger partial charge is 0.306 e. The molecule has 5 heteroatoms. The van der Waals surface area contributed by atoms with Crippen LogP contribution < -0.4 is 0 Å². The Kier molecular flexibility index (Phi) is 8.95. The van der Waals surface area contributed by atoms with E-state index in [0.717, 1.165) is 36.4 Å². The molecule has 0 amide bonds. The number of carbonyl (C=O) groups is 1. The molecule has 0 saturated carbocycles. The lowest BCUT2D eigenvalue weighted by Crippen LogP contribution is -2.61. The number of carbonyl (C=O) groups excluding carboxylic acids is 1. The van der Waals surface area contributed by atoms with Gasteiger partial charge < -0.3 is 9.30 Å². The number of rotatable bonds is 10. The van der Waals surface area contributed by atoms with Crippen LogP contribution >= 0.6 is 0 Å². The Morgan fingerprint density at radius 2 is 1.50 bits per heavy atom. The summed E-state index contributed by atoms with van der Waals surface area (Å²) >= 11 is 0. The average Bonchev–Trinajstić information content (AvgIpc) is 3.08. The lowest BCUT2D eigenvalue weighted by molar-refractivity contribution is -0.140. The van der Waals surface area contributed by atoms with E-state index in [-0.39, 0.29) is 5.97 Å². The van der Waals surface area contributed by atoms with Crippen molar-refractivity contribution in [3.8, 4) is 0 Å². The molecular formula is C19H40N2O2Si. The SMILES string of the molecule is CCC(C)[Si](C(C)CC)(C(C)CC)N1CCN(CCC(=O)OC)C1. The van der Waals surface area contributed by atoms with Crippen molar-refractivity contribution in [3.05, 3.63) is 0 Å². The molecule has 1 aliphatic heterocycles. The van der Waals surface area contributed by atoms with Gasteiger partial charge in [-0.2, -0.15) is 0 Å². The second-order valence-corrected chi connectivity index (χ2v) is 13.0. The lowest BCUT2D eigenvalue weighted by atomic mass is 10.3. The van der Waals surface area contributed by atoms with Gasteiger partial charge in [0.15, 0.2) is 0 Å². The summed E-state index contributed by atoms with van der Waals surface area (Å²) in [5, 5.41) is 0. The van der Waals surface area contributed by atoms with Gasteiger partial charge in [-0.1, -0.05) is 60.8 Å². The summed E-state index contributed by atoms with van der Waals surface area (Å²) in [6.45, 7) is 18.7. The molecule has 1 fully saturated rings. The molecule has 4 nitrogen and oxygen atoms in total. The number of esters is 1. The van der Waals surface area contributed by atoms with Crippen LogP contribution in [0.25, 0.3) is 0 Å². The van der Waals surface area contributed by atoms with Gasteiger partial charge >= 0.3 is 5.97 Å². The zero-order valence-corrected chi connectivity index (χ0v) is 18.1. The summed E-state index contributed by atoms with van der Waals surface area (Å²) in [7, 11) is -0.126. The molecule has 1 rings (SSSR count). The number of methoxy groups -OCH3 is 1. The maximum Gasteiger partial charge on any atom is 0.306 e. The van der Waals surface area contributed by atoms with Crippen LogP contribution in [0.3, 0.4) is 0 Å². The van der Waals surface area contributed by atoms with Crippen LogP contribution in [-0.2, 0) is 9.53 Å². The molecule has 0 aromatic carbocycles. The third-order valence-corrected chi connectivity index (χ3v) is 14.1. The maximum atomic E-state index is 11.5. The quantitative estimate of drug-likeness (QED) is 0.427. The maximum absolute atomic E-state index is 11.5. The largest absolute Gasteiger partial charge is 0.469 e. The van der Waals surface area contributed by atoms with E-state index in [1.807, 2.05) is 0 Å². The zero-order chi connectivity index (χ0) is 18.3. The van der Waals surface area contributed by atoms with Crippen molar-refractivity contribution < 1.29 is 9.53 Å². The third kappa shape index (κ3) is 4.41. The van der Waals surface area contributed by atoms with Crippen LogP contribution in [-0.4, -0.2) is 57.1 Å². The summed E-state index contributed by atoms with van der Waals surface area (Å²) in [6, 6.07) is 0. The van der Waals surface area contributed by atoms with E-state index in [4.69, 9.17) is 4.74 Å². The Morgan fingerprint density at radius 3 is 1.92 bits per heavy atom. The number of nitrogens with zero attached hydrogens (tertiary/aromatic N) is 2. The molecule has 0 bridgehead atoms. The summed E-state index contributed by atoms with van der Waals surface area (Å²) < 4.78 is 7.68. The van der Waals surface area contributed by atoms with E-state index in [0.29, 0.717) is 6.42 Å². The van der Waals surface area contributed by atoms with E-state index in [9.17, 15) is 4.79 Å². The first-order valence-electron chi connectivity index (χ1n) is 9.92. The van der Waals surface area contributed by atoms with Crippen molar-refractivity contribution in [2.24, 2.45) is 0 Å². The second-order valence-electron chi connectivity index (χ2n) is 7.66. The Bertz CT molecular complexity index is 365.